The van der Waals surface area contributed by atoms with E-state index in [0.29, 0.717) is 13.1 Å². The summed E-state index contributed by atoms with van der Waals surface area (Å²) in [6.07, 6.45) is 0.723. The molecule has 0 aliphatic carbocycles. The van der Waals surface area contributed by atoms with Gasteiger partial charge in [0.1, 0.15) is 11.6 Å². The van der Waals surface area contributed by atoms with E-state index in [9.17, 15) is 4.79 Å². The van der Waals surface area contributed by atoms with Crippen molar-refractivity contribution in [3.63, 3.8) is 0 Å². The van der Waals surface area contributed by atoms with Crippen LogP contribution in [0.4, 0.5) is 5.82 Å². The topological polar surface area (TPSA) is 58.6 Å². The van der Waals surface area contributed by atoms with Gasteiger partial charge in [0, 0.05) is 56.3 Å². The molecule has 6 heteroatoms. The lowest BCUT2D eigenvalue weighted by Crippen LogP contribution is -2.48. The smallest absolute Gasteiger partial charge is 0.219 e. The summed E-state index contributed by atoms with van der Waals surface area (Å²) in [5.41, 5.74) is 4.24. The Bertz CT molecular complexity index is 1060. The van der Waals surface area contributed by atoms with Crippen molar-refractivity contribution in [1.29, 1.82) is 0 Å². The molecule has 1 aliphatic heterocycles. The van der Waals surface area contributed by atoms with Crippen LogP contribution in [-0.2, 0) is 11.2 Å². The van der Waals surface area contributed by atoms with E-state index >= 15 is 0 Å². The van der Waals surface area contributed by atoms with Crippen molar-refractivity contribution in [2.45, 2.75) is 20.3 Å². The molecule has 0 saturated carbocycles. The molecule has 0 N–H and O–H groups in total. The highest BCUT2D eigenvalue weighted by atomic mass is 16.5. The molecule has 0 radical (unpaired) electrons. The molecular weight excluding hydrogens is 388 g/mol. The molecule has 1 amide bonds. The van der Waals surface area contributed by atoms with Crippen LogP contribution in [0.15, 0.2) is 54.6 Å². The highest BCUT2D eigenvalue weighted by Crippen LogP contribution is 2.29. The molecule has 1 aliphatic rings. The summed E-state index contributed by atoms with van der Waals surface area (Å²) in [6, 6.07) is 18.2. The third-order valence-electron chi connectivity index (χ3n) is 5.76. The Hall–Kier alpha value is -3.41. The molecule has 0 atom stereocenters. The van der Waals surface area contributed by atoms with E-state index in [1.807, 2.05) is 47.4 Å². The normalized spacial score (nSPS) is 13.9. The molecule has 1 aromatic heterocycles. The number of nitrogens with zero attached hydrogens (tertiary/aromatic N) is 4. The van der Waals surface area contributed by atoms with Gasteiger partial charge in [-0.15, -0.1) is 0 Å². The second kappa shape index (κ2) is 9.16. The van der Waals surface area contributed by atoms with Crippen molar-refractivity contribution in [2.24, 2.45) is 0 Å². The summed E-state index contributed by atoms with van der Waals surface area (Å²) in [7, 11) is 1.68. The minimum atomic E-state index is 0.125. The number of piperazine rings is 1. The minimum Gasteiger partial charge on any atom is -0.497 e. The lowest BCUT2D eigenvalue weighted by Gasteiger charge is -2.36. The molecule has 2 aromatic carbocycles. The van der Waals surface area contributed by atoms with Gasteiger partial charge < -0.3 is 14.5 Å². The Morgan fingerprint density at radius 2 is 1.74 bits per heavy atom. The zero-order chi connectivity index (χ0) is 21.8. The standard InChI is InChI=1S/C25H28N4O2/c1-18-23(17-20-8-7-11-22(16-20)31-3)25(29-14-12-28(13-15-29)19(2)30)27-24(26-18)21-9-5-4-6-10-21/h4-11,16H,12-15,17H2,1-3H3. The van der Waals surface area contributed by atoms with Gasteiger partial charge in [0.25, 0.3) is 0 Å². The first-order chi connectivity index (χ1) is 15.0. The SMILES string of the molecule is COc1cccc(Cc2c(C)nc(-c3ccccc3)nc2N2CCN(C(C)=O)CC2)c1. The summed E-state index contributed by atoms with van der Waals surface area (Å²) >= 11 is 0. The van der Waals surface area contributed by atoms with Crippen molar-refractivity contribution >= 4 is 11.7 Å². The Kier molecular flexibility index (Phi) is 6.16. The number of carbonyl (C=O) groups excluding carboxylic acids is 1. The van der Waals surface area contributed by atoms with Crippen LogP contribution >= 0.6 is 0 Å². The maximum atomic E-state index is 11.8. The molecule has 3 aromatic rings. The predicted molar refractivity (Wildman–Crippen MR) is 122 cm³/mol. The lowest BCUT2D eigenvalue weighted by molar-refractivity contribution is -0.129. The third kappa shape index (κ3) is 4.68. The first kappa shape index (κ1) is 20.8. The number of hydrogen-bond donors (Lipinski definition) is 0. The van der Waals surface area contributed by atoms with Crippen LogP contribution in [-0.4, -0.2) is 54.1 Å². The van der Waals surface area contributed by atoms with Gasteiger partial charge in [-0.2, -0.15) is 0 Å². The van der Waals surface area contributed by atoms with Gasteiger partial charge >= 0.3 is 0 Å². The van der Waals surface area contributed by atoms with Crippen molar-refractivity contribution < 1.29 is 9.53 Å². The number of anilines is 1. The molecule has 6 nitrogen and oxygen atoms in total. The molecule has 160 valence electrons. The number of aromatic nitrogens is 2. The van der Waals surface area contributed by atoms with Gasteiger partial charge in [0.15, 0.2) is 5.82 Å². The Morgan fingerprint density at radius 3 is 2.42 bits per heavy atom. The van der Waals surface area contributed by atoms with E-state index in [1.54, 1.807) is 14.0 Å². The average molecular weight is 417 g/mol. The van der Waals surface area contributed by atoms with Gasteiger partial charge in [0.05, 0.1) is 7.11 Å². The van der Waals surface area contributed by atoms with Crippen LogP contribution in [0.2, 0.25) is 0 Å². The summed E-state index contributed by atoms with van der Waals surface area (Å²) < 4.78 is 5.40. The number of rotatable bonds is 5. The largest absolute Gasteiger partial charge is 0.497 e. The highest BCUT2D eigenvalue weighted by molar-refractivity contribution is 5.73. The number of amides is 1. The van der Waals surface area contributed by atoms with Gasteiger partial charge in [-0.25, -0.2) is 9.97 Å². The third-order valence-corrected chi connectivity index (χ3v) is 5.76. The summed E-state index contributed by atoms with van der Waals surface area (Å²) in [6.45, 7) is 6.62. The molecule has 2 heterocycles. The van der Waals surface area contributed by atoms with Crippen LogP contribution in [0.3, 0.4) is 0 Å². The van der Waals surface area contributed by atoms with Gasteiger partial charge in [-0.3, -0.25) is 4.79 Å². The molecule has 0 unspecified atom stereocenters. The monoisotopic (exact) mass is 416 g/mol. The number of benzene rings is 2. The van der Waals surface area contributed by atoms with E-state index in [4.69, 9.17) is 14.7 Å². The Morgan fingerprint density at radius 1 is 1.00 bits per heavy atom. The highest BCUT2D eigenvalue weighted by Gasteiger charge is 2.24. The van der Waals surface area contributed by atoms with E-state index in [0.717, 1.165) is 59.3 Å². The van der Waals surface area contributed by atoms with Crippen LogP contribution in [0.5, 0.6) is 5.75 Å². The second-order valence-corrected chi connectivity index (χ2v) is 7.82. The molecular formula is C25H28N4O2. The number of methoxy groups -OCH3 is 1. The van der Waals surface area contributed by atoms with Crippen molar-refractivity contribution in [1.82, 2.24) is 14.9 Å². The maximum Gasteiger partial charge on any atom is 0.219 e. The fourth-order valence-electron chi connectivity index (χ4n) is 3.99. The van der Waals surface area contributed by atoms with E-state index in [2.05, 4.69) is 24.0 Å². The maximum absolute atomic E-state index is 11.8. The fourth-order valence-corrected chi connectivity index (χ4v) is 3.99. The average Bonchev–Trinajstić information content (AvgIpc) is 2.81. The molecule has 0 bridgehead atoms. The van der Waals surface area contributed by atoms with E-state index in [1.165, 1.54) is 0 Å². The zero-order valence-electron chi connectivity index (χ0n) is 18.3. The number of aryl methyl sites for hydroxylation is 1. The fraction of sp³-hybridized carbons (Fsp3) is 0.320. The molecule has 0 spiro atoms. The summed E-state index contributed by atoms with van der Waals surface area (Å²) in [4.78, 5) is 25.8. The van der Waals surface area contributed by atoms with Crippen LogP contribution in [0, 0.1) is 6.92 Å². The number of hydrogen-bond acceptors (Lipinski definition) is 5. The van der Waals surface area contributed by atoms with Gasteiger partial charge in [-0.05, 0) is 24.6 Å². The Labute approximate surface area is 183 Å². The Balaban J connectivity index is 1.73. The zero-order valence-corrected chi connectivity index (χ0v) is 18.3. The van der Waals surface area contributed by atoms with Crippen LogP contribution < -0.4 is 9.64 Å². The van der Waals surface area contributed by atoms with Crippen LogP contribution in [0.1, 0.15) is 23.7 Å². The number of ether oxygens (including phenoxy) is 1. The first-order valence-corrected chi connectivity index (χ1v) is 10.6. The second-order valence-electron chi connectivity index (χ2n) is 7.82. The van der Waals surface area contributed by atoms with Gasteiger partial charge in [-0.1, -0.05) is 42.5 Å². The minimum absolute atomic E-state index is 0.125. The molecule has 4 rings (SSSR count). The predicted octanol–water partition coefficient (Wildman–Crippen LogP) is 3.72. The first-order valence-electron chi connectivity index (χ1n) is 10.6. The molecule has 31 heavy (non-hydrogen) atoms. The summed E-state index contributed by atoms with van der Waals surface area (Å²) in [5.74, 6) is 2.66. The summed E-state index contributed by atoms with van der Waals surface area (Å²) in [5, 5.41) is 0. The number of carbonyl (C=O) groups is 1. The van der Waals surface area contributed by atoms with Crippen molar-refractivity contribution in [3.8, 4) is 17.1 Å². The molecule has 1 fully saturated rings. The van der Waals surface area contributed by atoms with Gasteiger partial charge in [0.2, 0.25) is 5.91 Å². The van der Waals surface area contributed by atoms with Crippen LogP contribution in [0.25, 0.3) is 11.4 Å². The molecule has 1 saturated heterocycles. The lowest BCUT2D eigenvalue weighted by atomic mass is 10.0. The van der Waals surface area contributed by atoms with E-state index in [-0.39, 0.29) is 5.91 Å². The van der Waals surface area contributed by atoms with E-state index < -0.39 is 0 Å². The van der Waals surface area contributed by atoms with Crippen molar-refractivity contribution in [2.75, 3.05) is 38.2 Å². The van der Waals surface area contributed by atoms with Crippen molar-refractivity contribution in [3.05, 3.63) is 71.4 Å². The quantitative estimate of drug-likeness (QED) is 0.634.